The molecule has 0 fully saturated rings. The summed E-state index contributed by atoms with van der Waals surface area (Å²) in [5.41, 5.74) is 10.4. The quantitative estimate of drug-likeness (QED) is 0.897. The van der Waals surface area contributed by atoms with Gasteiger partial charge >= 0.3 is 0 Å². The first-order chi connectivity index (χ1) is 8.61. The molecule has 0 unspecified atom stereocenters. The van der Waals surface area contributed by atoms with E-state index in [-0.39, 0.29) is 0 Å². The Morgan fingerprint density at radius 1 is 1.28 bits per heavy atom. The van der Waals surface area contributed by atoms with Gasteiger partial charge in [-0.1, -0.05) is 19.9 Å². The van der Waals surface area contributed by atoms with E-state index >= 15 is 0 Å². The van der Waals surface area contributed by atoms with Crippen molar-refractivity contribution in [3.8, 4) is 5.69 Å². The van der Waals surface area contributed by atoms with Crippen LogP contribution in [0.5, 0.6) is 0 Å². The zero-order chi connectivity index (χ0) is 13.1. The molecule has 1 heterocycles. The van der Waals surface area contributed by atoms with Gasteiger partial charge in [-0.15, -0.1) is 0 Å². The molecule has 0 aliphatic carbocycles. The summed E-state index contributed by atoms with van der Waals surface area (Å²) in [4.78, 5) is 0. The third kappa shape index (κ3) is 2.62. The summed E-state index contributed by atoms with van der Waals surface area (Å²) in [6, 6.07) is 8.50. The summed E-state index contributed by atoms with van der Waals surface area (Å²) < 4.78 is 1.94. The predicted molar refractivity (Wildman–Crippen MR) is 75.1 cm³/mol. The van der Waals surface area contributed by atoms with Gasteiger partial charge in [0.2, 0.25) is 0 Å². The van der Waals surface area contributed by atoms with E-state index in [1.807, 2.05) is 10.9 Å². The summed E-state index contributed by atoms with van der Waals surface area (Å²) in [6.45, 7) is 7.13. The molecule has 0 saturated carbocycles. The fourth-order valence-corrected chi connectivity index (χ4v) is 2.05. The topological polar surface area (TPSA) is 43.8 Å². The molecule has 0 amide bonds. The fourth-order valence-electron chi connectivity index (χ4n) is 2.05. The van der Waals surface area contributed by atoms with Crippen LogP contribution in [0.2, 0.25) is 0 Å². The van der Waals surface area contributed by atoms with Crippen LogP contribution in [-0.2, 0) is 6.42 Å². The second kappa shape index (κ2) is 5.36. The molecule has 96 valence electrons. The number of hydrogen-bond donors (Lipinski definition) is 1. The molecule has 3 heteroatoms. The third-order valence-electron chi connectivity index (χ3n) is 3.21. The number of nitrogens with two attached hydrogens (primary N) is 1. The van der Waals surface area contributed by atoms with Crippen LogP contribution in [0.4, 0.5) is 0 Å². The number of aromatic nitrogens is 2. The minimum Gasteiger partial charge on any atom is -0.330 e. The number of nitrogens with zero attached hydrogens (tertiary/aromatic N) is 2. The van der Waals surface area contributed by atoms with E-state index < -0.39 is 0 Å². The molecule has 0 aliphatic heterocycles. The van der Waals surface area contributed by atoms with Crippen LogP contribution < -0.4 is 5.73 Å². The lowest BCUT2D eigenvalue weighted by Gasteiger charge is -2.08. The monoisotopic (exact) mass is 243 g/mol. The van der Waals surface area contributed by atoms with Crippen molar-refractivity contribution in [3.05, 3.63) is 47.3 Å². The Balaban J connectivity index is 2.30. The summed E-state index contributed by atoms with van der Waals surface area (Å²) >= 11 is 0. The Morgan fingerprint density at radius 2 is 2.06 bits per heavy atom. The van der Waals surface area contributed by atoms with Crippen molar-refractivity contribution >= 4 is 0 Å². The molecule has 18 heavy (non-hydrogen) atoms. The van der Waals surface area contributed by atoms with E-state index in [9.17, 15) is 0 Å². The number of hydrogen-bond acceptors (Lipinski definition) is 2. The standard InChI is InChI=1S/C15H21N3/c1-11(2)15-7-9-18(17-15)14-5-4-13(6-8-16)12(3)10-14/h4-5,7,9-11H,6,8,16H2,1-3H3. The summed E-state index contributed by atoms with van der Waals surface area (Å²) in [5.74, 6) is 0.462. The molecule has 1 aromatic carbocycles. The van der Waals surface area contributed by atoms with Crippen molar-refractivity contribution in [2.24, 2.45) is 5.73 Å². The lowest BCUT2D eigenvalue weighted by molar-refractivity contribution is 0.767. The van der Waals surface area contributed by atoms with Crippen LogP contribution in [0, 0.1) is 6.92 Å². The third-order valence-corrected chi connectivity index (χ3v) is 3.21. The van der Waals surface area contributed by atoms with E-state index in [2.05, 4.69) is 50.1 Å². The molecule has 0 bridgehead atoms. The van der Waals surface area contributed by atoms with Gasteiger partial charge < -0.3 is 5.73 Å². The lowest BCUT2D eigenvalue weighted by Crippen LogP contribution is -2.05. The number of rotatable bonds is 4. The average molecular weight is 243 g/mol. The Kier molecular flexibility index (Phi) is 3.82. The Labute approximate surface area is 109 Å². The predicted octanol–water partition coefficient (Wildman–Crippen LogP) is 2.81. The Bertz CT molecular complexity index is 526. The summed E-state index contributed by atoms with van der Waals surface area (Å²) in [5, 5.41) is 4.59. The molecule has 0 saturated heterocycles. The van der Waals surface area contributed by atoms with Gasteiger partial charge in [-0.25, -0.2) is 4.68 Å². The smallest absolute Gasteiger partial charge is 0.0654 e. The molecule has 2 aromatic rings. The van der Waals surface area contributed by atoms with Crippen LogP contribution in [0.25, 0.3) is 5.69 Å². The minimum absolute atomic E-state index is 0.462. The van der Waals surface area contributed by atoms with Gasteiger partial charge in [-0.2, -0.15) is 5.10 Å². The molecule has 0 aliphatic rings. The first kappa shape index (κ1) is 12.8. The van der Waals surface area contributed by atoms with Gasteiger partial charge in [0.15, 0.2) is 0 Å². The maximum atomic E-state index is 5.60. The first-order valence-corrected chi connectivity index (χ1v) is 6.47. The Morgan fingerprint density at radius 3 is 2.61 bits per heavy atom. The minimum atomic E-state index is 0.462. The van der Waals surface area contributed by atoms with Gasteiger partial charge in [-0.3, -0.25) is 0 Å². The van der Waals surface area contributed by atoms with E-state index in [0.717, 1.165) is 17.8 Å². The number of aryl methyl sites for hydroxylation is 1. The highest BCUT2D eigenvalue weighted by Crippen LogP contribution is 2.17. The van der Waals surface area contributed by atoms with E-state index in [1.54, 1.807) is 0 Å². The second-order valence-electron chi connectivity index (χ2n) is 4.99. The van der Waals surface area contributed by atoms with Crippen LogP contribution in [0.15, 0.2) is 30.5 Å². The zero-order valence-electron chi connectivity index (χ0n) is 11.4. The van der Waals surface area contributed by atoms with Crippen molar-refractivity contribution in [1.82, 2.24) is 9.78 Å². The van der Waals surface area contributed by atoms with E-state index in [4.69, 9.17) is 5.73 Å². The van der Waals surface area contributed by atoms with Crippen molar-refractivity contribution in [3.63, 3.8) is 0 Å². The SMILES string of the molecule is Cc1cc(-n2ccc(C(C)C)n2)ccc1CCN. The second-order valence-corrected chi connectivity index (χ2v) is 4.99. The zero-order valence-corrected chi connectivity index (χ0v) is 11.4. The van der Waals surface area contributed by atoms with Crippen LogP contribution >= 0.6 is 0 Å². The largest absolute Gasteiger partial charge is 0.330 e. The van der Waals surface area contributed by atoms with Crippen molar-refractivity contribution in [2.45, 2.75) is 33.1 Å². The molecule has 0 spiro atoms. The Hall–Kier alpha value is -1.61. The van der Waals surface area contributed by atoms with Gasteiger partial charge in [0, 0.05) is 6.20 Å². The van der Waals surface area contributed by atoms with Gasteiger partial charge in [0.25, 0.3) is 0 Å². The fraction of sp³-hybridized carbons (Fsp3) is 0.400. The number of benzene rings is 1. The molecule has 2 rings (SSSR count). The maximum Gasteiger partial charge on any atom is 0.0654 e. The van der Waals surface area contributed by atoms with Crippen molar-refractivity contribution < 1.29 is 0 Å². The van der Waals surface area contributed by atoms with Gasteiger partial charge in [-0.05, 0) is 55.1 Å². The molecule has 3 nitrogen and oxygen atoms in total. The van der Waals surface area contributed by atoms with Crippen LogP contribution in [-0.4, -0.2) is 16.3 Å². The molecular weight excluding hydrogens is 222 g/mol. The highest BCUT2D eigenvalue weighted by Gasteiger charge is 2.06. The van der Waals surface area contributed by atoms with E-state index in [1.165, 1.54) is 11.1 Å². The molecule has 0 radical (unpaired) electrons. The van der Waals surface area contributed by atoms with Crippen molar-refractivity contribution in [1.29, 1.82) is 0 Å². The highest BCUT2D eigenvalue weighted by molar-refractivity contribution is 5.40. The first-order valence-electron chi connectivity index (χ1n) is 6.47. The molecule has 1 aromatic heterocycles. The lowest BCUT2D eigenvalue weighted by atomic mass is 10.1. The van der Waals surface area contributed by atoms with Crippen molar-refractivity contribution in [2.75, 3.05) is 6.54 Å². The highest BCUT2D eigenvalue weighted by atomic mass is 15.3. The van der Waals surface area contributed by atoms with Gasteiger partial charge in [0.05, 0.1) is 11.4 Å². The van der Waals surface area contributed by atoms with Gasteiger partial charge in [0.1, 0.15) is 0 Å². The maximum absolute atomic E-state index is 5.60. The molecule has 0 atom stereocenters. The van der Waals surface area contributed by atoms with Crippen LogP contribution in [0.3, 0.4) is 0 Å². The normalized spacial score (nSPS) is 11.2. The summed E-state index contributed by atoms with van der Waals surface area (Å²) in [7, 11) is 0. The molecular formula is C15H21N3. The average Bonchev–Trinajstić information content (AvgIpc) is 2.81. The van der Waals surface area contributed by atoms with Crippen LogP contribution in [0.1, 0.15) is 36.6 Å². The van der Waals surface area contributed by atoms with E-state index in [0.29, 0.717) is 12.5 Å². The molecule has 2 N–H and O–H groups in total. The summed E-state index contributed by atoms with van der Waals surface area (Å²) in [6.07, 6.45) is 2.95.